The summed E-state index contributed by atoms with van der Waals surface area (Å²) in [5.41, 5.74) is -3.33. The third-order valence-electron chi connectivity index (χ3n) is 3.03. The molecule has 1 fully saturated rings. The van der Waals surface area contributed by atoms with Crippen molar-refractivity contribution in [1.29, 1.82) is 0 Å². The standard InChI is InChI=1S/C13H17F3N2S/c14-13(15,16)19-12-5-3-11(4-6-12)18-10-2-1-8-17-9-7-10/h3-6,10,17-18H,1-2,7-9H2. The minimum atomic E-state index is -4.22. The lowest BCUT2D eigenvalue weighted by atomic mass is 10.1. The Bertz CT molecular complexity index is 384. The molecule has 0 aromatic heterocycles. The number of alkyl halides is 3. The predicted molar refractivity (Wildman–Crippen MR) is 72.5 cm³/mol. The molecule has 0 radical (unpaired) electrons. The van der Waals surface area contributed by atoms with Crippen molar-refractivity contribution >= 4 is 17.4 Å². The summed E-state index contributed by atoms with van der Waals surface area (Å²) in [4.78, 5) is 0.223. The normalized spacial score (nSPS) is 20.9. The van der Waals surface area contributed by atoms with Gasteiger partial charge in [-0.25, -0.2) is 0 Å². The second-order valence-electron chi connectivity index (χ2n) is 4.59. The summed E-state index contributed by atoms with van der Waals surface area (Å²) in [7, 11) is 0. The molecule has 2 N–H and O–H groups in total. The first kappa shape index (κ1) is 14.5. The average molecular weight is 290 g/mol. The smallest absolute Gasteiger partial charge is 0.382 e. The summed E-state index contributed by atoms with van der Waals surface area (Å²) in [6.07, 6.45) is 3.25. The van der Waals surface area contributed by atoms with Crippen LogP contribution < -0.4 is 10.6 Å². The van der Waals surface area contributed by atoms with E-state index in [1.807, 2.05) is 0 Å². The summed E-state index contributed by atoms with van der Waals surface area (Å²) < 4.78 is 36.6. The van der Waals surface area contributed by atoms with Crippen LogP contribution in [-0.2, 0) is 0 Å². The lowest BCUT2D eigenvalue weighted by Gasteiger charge is -2.17. The number of thioether (sulfide) groups is 1. The first-order valence-corrected chi connectivity index (χ1v) is 7.18. The summed E-state index contributed by atoms with van der Waals surface area (Å²) >= 11 is -0.0789. The Morgan fingerprint density at radius 2 is 1.84 bits per heavy atom. The lowest BCUT2D eigenvalue weighted by molar-refractivity contribution is -0.0328. The summed E-state index contributed by atoms with van der Waals surface area (Å²) in [5.74, 6) is 0. The van der Waals surface area contributed by atoms with Crippen LogP contribution >= 0.6 is 11.8 Å². The number of hydrogen-bond donors (Lipinski definition) is 2. The Hall–Kier alpha value is -0.880. The molecule has 19 heavy (non-hydrogen) atoms. The molecule has 1 saturated heterocycles. The third kappa shape index (κ3) is 5.32. The van der Waals surface area contributed by atoms with Crippen molar-refractivity contribution in [3.8, 4) is 0 Å². The van der Waals surface area contributed by atoms with Gasteiger partial charge >= 0.3 is 5.51 Å². The molecule has 0 amide bonds. The van der Waals surface area contributed by atoms with Crippen molar-refractivity contribution < 1.29 is 13.2 Å². The molecule has 1 aliphatic rings. The maximum Gasteiger partial charge on any atom is 0.446 e. The van der Waals surface area contributed by atoms with Gasteiger partial charge in [-0.2, -0.15) is 13.2 Å². The molecular weight excluding hydrogens is 273 g/mol. The predicted octanol–water partition coefficient (Wildman–Crippen LogP) is 3.85. The van der Waals surface area contributed by atoms with Crippen LogP contribution in [0, 0.1) is 0 Å². The van der Waals surface area contributed by atoms with Gasteiger partial charge in [0.05, 0.1) is 0 Å². The molecule has 1 aromatic rings. The Kier molecular flexibility index (Phi) is 4.99. The Morgan fingerprint density at radius 1 is 1.11 bits per heavy atom. The van der Waals surface area contributed by atoms with Gasteiger partial charge < -0.3 is 10.6 Å². The first-order valence-electron chi connectivity index (χ1n) is 6.36. The molecule has 1 unspecified atom stereocenters. The van der Waals surface area contributed by atoms with E-state index in [0.29, 0.717) is 6.04 Å². The SMILES string of the molecule is FC(F)(F)Sc1ccc(NC2CCCNCC2)cc1. The highest BCUT2D eigenvalue weighted by atomic mass is 32.2. The molecule has 1 aliphatic heterocycles. The van der Waals surface area contributed by atoms with Crippen LogP contribution in [0.3, 0.4) is 0 Å². The van der Waals surface area contributed by atoms with E-state index in [2.05, 4.69) is 10.6 Å². The number of rotatable bonds is 3. The fraction of sp³-hybridized carbons (Fsp3) is 0.538. The monoisotopic (exact) mass is 290 g/mol. The molecule has 0 aliphatic carbocycles. The van der Waals surface area contributed by atoms with E-state index in [0.717, 1.165) is 38.0 Å². The maximum atomic E-state index is 12.2. The average Bonchev–Trinajstić information content (AvgIpc) is 2.58. The van der Waals surface area contributed by atoms with E-state index >= 15 is 0 Å². The molecule has 0 spiro atoms. The van der Waals surface area contributed by atoms with Gasteiger partial charge in [0.15, 0.2) is 0 Å². The topological polar surface area (TPSA) is 24.1 Å². The lowest BCUT2D eigenvalue weighted by Crippen LogP contribution is -2.21. The molecule has 6 heteroatoms. The van der Waals surface area contributed by atoms with Crippen molar-refractivity contribution in [2.24, 2.45) is 0 Å². The van der Waals surface area contributed by atoms with Gasteiger partial charge in [0, 0.05) is 16.6 Å². The van der Waals surface area contributed by atoms with E-state index in [1.165, 1.54) is 12.1 Å². The minimum Gasteiger partial charge on any atom is -0.382 e. The highest BCUT2D eigenvalue weighted by Gasteiger charge is 2.29. The van der Waals surface area contributed by atoms with Gasteiger partial charge in [0.1, 0.15) is 0 Å². The van der Waals surface area contributed by atoms with E-state index in [-0.39, 0.29) is 16.7 Å². The zero-order chi connectivity index (χ0) is 13.7. The summed E-state index contributed by atoms with van der Waals surface area (Å²) in [6, 6.07) is 6.85. The van der Waals surface area contributed by atoms with Crippen LogP contribution in [0.2, 0.25) is 0 Å². The molecular formula is C13H17F3N2S. The minimum absolute atomic E-state index is 0.0789. The van der Waals surface area contributed by atoms with Crippen molar-refractivity contribution in [1.82, 2.24) is 5.32 Å². The van der Waals surface area contributed by atoms with Crippen molar-refractivity contribution in [3.63, 3.8) is 0 Å². The van der Waals surface area contributed by atoms with Gasteiger partial charge in [-0.15, -0.1) is 0 Å². The third-order valence-corrected chi connectivity index (χ3v) is 3.77. The van der Waals surface area contributed by atoms with Gasteiger partial charge in [0.2, 0.25) is 0 Å². The Morgan fingerprint density at radius 3 is 2.53 bits per heavy atom. The molecule has 106 valence electrons. The second kappa shape index (κ2) is 6.52. The van der Waals surface area contributed by atoms with Crippen LogP contribution in [0.4, 0.5) is 18.9 Å². The number of benzene rings is 1. The maximum absolute atomic E-state index is 12.2. The van der Waals surface area contributed by atoms with E-state index < -0.39 is 5.51 Å². The zero-order valence-electron chi connectivity index (χ0n) is 10.5. The molecule has 1 heterocycles. The number of hydrogen-bond acceptors (Lipinski definition) is 3. The van der Waals surface area contributed by atoms with E-state index in [4.69, 9.17) is 0 Å². The molecule has 2 nitrogen and oxygen atoms in total. The van der Waals surface area contributed by atoms with Crippen LogP contribution in [0.25, 0.3) is 0 Å². The number of nitrogens with one attached hydrogen (secondary N) is 2. The molecule has 0 bridgehead atoms. The largest absolute Gasteiger partial charge is 0.446 e. The first-order chi connectivity index (χ1) is 9.03. The molecule has 2 rings (SSSR count). The van der Waals surface area contributed by atoms with Gasteiger partial charge in [-0.3, -0.25) is 0 Å². The number of halogens is 3. The van der Waals surface area contributed by atoms with Gasteiger partial charge in [-0.1, -0.05) is 0 Å². The fourth-order valence-electron chi connectivity index (χ4n) is 2.15. The molecule has 0 saturated carbocycles. The Balaban J connectivity index is 1.90. The summed E-state index contributed by atoms with van der Waals surface area (Å²) in [5, 5.41) is 6.71. The van der Waals surface area contributed by atoms with E-state index in [1.54, 1.807) is 12.1 Å². The van der Waals surface area contributed by atoms with Crippen molar-refractivity contribution in [3.05, 3.63) is 24.3 Å². The van der Waals surface area contributed by atoms with Gasteiger partial charge in [0.25, 0.3) is 0 Å². The highest BCUT2D eigenvalue weighted by molar-refractivity contribution is 8.00. The van der Waals surface area contributed by atoms with Crippen LogP contribution in [0.5, 0.6) is 0 Å². The Labute approximate surface area is 115 Å². The van der Waals surface area contributed by atoms with Gasteiger partial charge in [-0.05, 0) is 68.4 Å². The zero-order valence-corrected chi connectivity index (χ0v) is 11.3. The van der Waals surface area contributed by atoms with Crippen molar-refractivity contribution in [2.45, 2.75) is 35.7 Å². The fourth-order valence-corrected chi connectivity index (χ4v) is 2.69. The van der Waals surface area contributed by atoms with E-state index in [9.17, 15) is 13.2 Å². The highest BCUT2D eigenvalue weighted by Crippen LogP contribution is 2.37. The second-order valence-corrected chi connectivity index (χ2v) is 5.73. The van der Waals surface area contributed by atoms with Crippen LogP contribution in [-0.4, -0.2) is 24.6 Å². The number of anilines is 1. The van der Waals surface area contributed by atoms with Crippen molar-refractivity contribution in [2.75, 3.05) is 18.4 Å². The summed E-state index contributed by atoms with van der Waals surface area (Å²) in [6.45, 7) is 2.03. The van der Waals surface area contributed by atoms with Crippen LogP contribution in [0.1, 0.15) is 19.3 Å². The molecule has 1 aromatic carbocycles. The molecule has 1 atom stereocenters. The van der Waals surface area contributed by atoms with Crippen LogP contribution in [0.15, 0.2) is 29.2 Å². The quantitative estimate of drug-likeness (QED) is 0.827.